The fourth-order valence-electron chi connectivity index (χ4n) is 1.04. The van der Waals surface area contributed by atoms with Crippen LogP contribution in [0.2, 0.25) is 0 Å². The van der Waals surface area contributed by atoms with Gasteiger partial charge in [-0.1, -0.05) is 98.9 Å². The normalized spacial score (nSPS) is 5.67. The zero-order chi connectivity index (χ0) is 14.1. The van der Waals surface area contributed by atoms with Crippen molar-refractivity contribution < 1.29 is 0 Å². The standard InChI is InChI=1S/C8H11N.C4H12N2.C2H7N.9CH4/c1-2-9-8-6-4-3-5-7-8;1-2-6-4-3-5;1-2-3;;;;;;;;;/h3-7,9H,2H2,1H3;6H,2-5H2,1H3;2-3H2,1H3;9*1H4. The summed E-state index contributed by atoms with van der Waals surface area (Å²) in [5.74, 6) is 0. The number of hydrogen-bond donors (Lipinski definition) is 4. The number of hydrogen-bond acceptors (Lipinski definition) is 4. The number of rotatable bonds is 5. The number of anilines is 1. The van der Waals surface area contributed by atoms with E-state index in [0.717, 1.165) is 32.7 Å². The van der Waals surface area contributed by atoms with Crippen molar-refractivity contribution in [1.82, 2.24) is 5.32 Å². The van der Waals surface area contributed by atoms with Gasteiger partial charge in [-0.25, -0.2) is 0 Å². The lowest BCUT2D eigenvalue weighted by atomic mass is 10.3. The molecular weight excluding hydrogens is 332 g/mol. The smallest absolute Gasteiger partial charge is 0.0340 e. The Morgan fingerprint density at radius 2 is 1.04 bits per heavy atom. The van der Waals surface area contributed by atoms with Crippen molar-refractivity contribution in [1.29, 1.82) is 0 Å². The Kier molecular flexibility index (Phi) is 197. The second-order valence-corrected chi connectivity index (χ2v) is 3.45. The second kappa shape index (κ2) is 73.6. The minimum Gasteiger partial charge on any atom is -0.385 e. The van der Waals surface area contributed by atoms with E-state index in [9.17, 15) is 0 Å². The van der Waals surface area contributed by atoms with Crippen molar-refractivity contribution in [2.24, 2.45) is 11.5 Å². The van der Waals surface area contributed by atoms with E-state index in [1.807, 2.05) is 25.1 Å². The Hall–Kier alpha value is -1.10. The molecule has 0 aliphatic rings. The zero-order valence-corrected chi connectivity index (χ0v) is 12.1. The molecule has 1 aromatic rings. The minimum absolute atomic E-state index is 0. The van der Waals surface area contributed by atoms with Crippen LogP contribution in [0.3, 0.4) is 0 Å². The van der Waals surface area contributed by atoms with Crippen molar-refractivity contribution >= 4 is 5.69 Å². The SMILES string of the molecule is C.C.C.C.C.C.C.C.C.CCN.CCNCCN.CCNc1ccccc1. The summed E-state index contributed by atoms with van der Waals surface area (Å²) >= 11 is 0. The quantitative estimate of drug-likeness (QED) is 0.391. The van der Waals surface area contributed by atoms with E-state index in [2.05, 4.69) is 36.6 Å². The van der Waals surface area contributed by atoms with Gasteiger partial charge in [-0.3, -0.25) is 0 Å². The van der Waals surface area contributed by atoms with Crippen molar-refractivity contribution in [2.45, 2.75) is 87.6 Å². The van der Waals surface area contributed by atoms with Gasteiger partial charge < -0.3 is 22.1 Å². The number of nitrogens with one attached hydrogen (secondary N) is 2. The van der Waals surface area contributed by atoms with Crippen molar-refractivity contribution in [3.63, 3.8) is 0 Å². The van der Waals surface area contributed by atoms with Crippen LogP contribution in [0, 0.1) is 0 Å². The van der Waals surface area contributed by atoms with E-state index in [-0.39, 0.29) is 66.8 Å². The van der Waals surface area contributed by atoms with Crippen LogP contribution in [0.4, 0.5) is 5.69 Å². The molecule has 1 aromatic carbocycles. The van der Waals surface area contributed by atoms with Crippen molar-refractivity contribution in [3.05, 3.63) is 30.3 Å². The lowest BCUT2D eigenvalue weighted by molar-refractivity contribution is 0.725. The van der Waals surface area contributed by atoms with Gasteiger partial charge in [0.15, 0.2) is 0 Å². The van der Waals surface area contributed by atoms with Crippen LogP contribution < -0.4 is 22.1 Å². The lowest BCUT2D eigenvalue weighted by Gasteiger charge is -1.99. The first-order chi connectivity index (χ1) is 8.76. The van der Waals surface area contributed by atoms with Crippen LogP contribution in [-0.4, -0.2) is 32.7 Å². The van der Waals surface area contributed by atoms with Gasteiger partial charge in [0.25, 0.3) is 0 Å². The monoisotopic (exact) mass is 399 g/mol. The zero-order valence-electron chi connectivity index (χ0n) is 12.1. The molecule has 0 saturated carbocycles. The number of para-hydroxylation sites is 1. The molecule has 0 heterocycles. The number of benzene rings is 1. The summed E-state index contributed by atoms with van der Waals surface area (Å²) in [5, 5.41) is 6.28. The molecule has 4 heteroatoms. The molecular formula is C23H66N4. The van der Waals surface area contributed by atoms with Gasteiger partial charge in [-0.2, -0.15) is 0 Å². The van der Waals surface area contributed by atoms with Crippen LogP contribution >= 0.6 is 0 Å². The fraction of sp³-hybridized carbons (Fsp3) is 0.739. The van der Waals surface area contributed by atoms with E-state index >= 15 is 0 Å². The predicted molar refractivity (Wildman–Crippen MR) is 144 cm³/mol. The molecule has 0 unspecified atom stereocenters. The third-order valence-corrected chi connectivity index (χ3v) is 1.73. The maximum absolute atomic E-state index is 5.15. The second-order valence-electron chi connectivity index (χ2n) is 3.45. The number of likely N-dealkylation sites (N-methyl/N-ethyl adjacent to an activating group) is 1. The van der Waals surface area contributed by atoms with Crippen LogP contribution in [0.1, 0.15) is 87.6 Å². The topological polar surface area (TPSA) is 76.1 Å². The Bertz CT molecular complexity index is 225. The van der Waals surface area contributed by atoms with Crippen LogP contribution in [0.15, 0.2) is 30.3 Å². The van der Waals surface area contributed by atoms with Gasteiger partial charge in [-0.05, 0) is 32.1 Å². The maximum atomic E-state index is 5.15. The summed E-state index contributed by atoms with van der Waals surface area (Å²) in [5.41, 5.74) is 11.2. The molecule has 0 saturated heterocycles. The maximum Gasteiger partial charge on any atom is 0.0340 e. The van der Waals surface area contributed by atoms with Gasteiger partial charge in [0.1, 0.15) is 0 Å². The Labute approximate surface area is 178 Å². The highest BCUT2D eigenvalue weighted by atomic mass is 14.9. The molecule has 27 heavy (non-hydrogen) atoms. The van der Waals surface area contributed by atoms with E-state index in [1.54, 1.807) is 0 Å². The van der Waals surface area contributed by atoms with Crippen molar-refractivity contribution in [3.8, 4) is 0 Å². The van der Waals surface area contributed by atoms with Crippen LogP contribution in [-0.2, 0) is 0 Å². The van der Waals surface area contributed by atoms with Gasteiger partial charge in [0.2, 0.25) is 0 Å². The fourth-order valence-corrected chi connectivity index (χ4v) is 1.04. The first-order valence-corrected chi connectivity index (χ1v) is 6.66. The molecule has 0 fully saturated rings. The average Bonchev–Trinajstić information content (AvgIpc) is 2.40. The largest absolute Gasteiger partial charge is 0.385 e. The Balaban J connectivity index is -0.0000000146. The predicted octanol–water partition coefficient (Wildman–Crippen LogP) is 7.36. The molecule has 0 aromatic heterocycles. The first-order valence-electron chi connectivity index (χ1n) is 6.66. The first kappa shape index (κ1) is 72.3. The molecule has 4 nitrogen and oxygen atoms in total. The molecule has 0 atom stereocenters. The van der Waals surface area contributed by atoms with Crippen LogP contribution in [0.5, 0.6) is 0 Å². The van der Waals surface area contributed by atoms with E-state index < -0.39 is 0 Å². The molecule has 1 rings (SSSR count). The minimum atomic E-state index is 0. The Morgan fingerprint density at radius 1 is 0.667 bits per heavy atom. The number of nitrogens with two attached hydrogens (primary N) is 2. The van der Waals surface area contributed by atoms with E-state index in [0.29, 0.717) is 0 Å². The summed E-state index contributed by atoms with van der Waals surface area (Å²) in [6.07, 6.45) is 0. The molecule has 0 radical (unpaired) electrons. The molecule has 6 N–H and O–H groups in total. The molecule has 0 aliphatic carbocycles. The highest BCUT2D eigenvalue weighted by Crippen LogP contribution is 2.02. The van der Waals surface area contributed by atoms with E-state index in [4.69, 9.17) is 11.5 Å². The van der Waals surface area contributed by atoms with Crippen LogP contribution in [0.25, 0.3) is 0 Å². The molecule has 0 amide bonds. The van der Waals surface area contributed by atoms with Gasteiger partial charge in [0, 0.05) is 25.3 Å². The highest BCUT2D eigenvalue weighted by molar-refractivity contribution is 5.41. The van der Waals surface area contributed by atoms with Crippen molar-refractivity contribution in [2.75, 3.05) is 38.0 Å². The molecule has 0 bridgehead atoms. The Morgan fingerprint density at radius 3 is 1.26 bits per heavy atom. The van der Waals surface area contributed by atoms with E-state index in [1.165, 1.54) is 5.69 Å². The summed E-state index contributed by atoms with van der Waals surface area (Å²) in [6, 6.07) is 10.2. The third-order valence-electron chi connectivity index (χ3n) is 1.73. The third kappa shape index (κ3) is 78.5. The summed E-state index contributed by atoms with van der Waals surface area (Å²) in [7, 11) is 0. The molecule has 0 spiro atoms. The van der Waals surface area contributed by atoms with Gasteiger partial charge in [0.05, 0.1) is 0 Å². The highest BCUT2D eigenvalue weighted by Gasteiger charge is 1.81. The van der Waals surface area contributed by atoms with Gasteiger partial charge in [-0.15, -0.1) is 0 Å². The molecule has 0 aliphatic heterocycles. The van der Waals surface area contributed by atoms with Gasteiger partial charge >= 0.3 is 0 Å². The molecule has 178 valence electrons. The summed E-state index contributed by atoms with van der Waals surface area (Å²) in [4.78, 5) is 0. The summed E-state index contributed by atoms with van der Waals surface area (Å²) in [6.45, 7) is 10.5. The summed E-state index contributed by atoms with van der Waals surface area (Å²) < 4.78 is 0. The lowest BCUT2D eigenvalue weighted by Crippen LogP contribution is -2.21. The average molecular weight is 399 g/mol.